The van der Waals surface area contributed by atoms with Gasteiger partial charge in [-0.3, -0.25) is 0 Å². The Balaban J connectivity index is 2.04. The van der Waals surface area contributed by atoms with Crippen molar-refractivity contribution in [1.29, 1.82) is 0 Å². The first-order valence-electron chi connectivity index (χ1n) is 7.20. The molecule has 0 bridgehead atoms. The molecule has 1 aliphatic heterocycles. The molecule has 1 saturated heterocycles. The number of rotatable bonds is 3. The third-order valence-electron chi connectivity index (χ3n) is 4.31. The van der Waals surface area contributed by atoms with E-state index >= 15 is 0 Å². The van der Waals surface area contributed by atoms with Crippen molar-refractivity contribution in [3.63, 3.8) is 0 Å². The summed E-state index contributed by atoms with van der Waals surface area (Å²) in [6.45, 7) is 1.45. The van der Waals surface area contributed by atoms with Crippen LogP contribution in [-0.2, 0) is 19.9 Å². The third-order valence-corrected chi connectivity index (χ3v) is 8.07. The van der Waals surface area contributed by atoms with Crippen LogP contribution in [0.25, 0.3) is 0 Å². The van der Waals surface area contributed by atoms with Crippen molar-refractivity contribution >= 4 is 19.9 Å². The number of hydrogen-bond acceptors (Lipinski definition) is 4. The Labute approximate surface area is 130 Å². The molecule has 0 unspecified atom stereocenters. The second-order valence-electron chi connectivity index (χ2n) is 6.02. The van der Waals surface area contributed by atoms with Gasteiger partial charge < -0.3 is 0 Å². The summed E-state index contributed by atoms with van der Waals surface area (Å²) in [5.74, 6) is -1.09. The number of hydrogen-bond donors (Lipinski definition) is 0. The van der Waals surface area contributed by atoms with Gasteiger partial charge in [0, 0.05) is 12.6 Å². The molecule has 1 saturated carbocycles. The maximum absolute atomic E-state index is 14.1. The van der Waals surface area contributed by atoms with Gasteiger partial charge in [-0.25, -0.2) is 21.2 Å². The molecule has 1 aliphatic carbocycles. The first kappa shape index (κ1) is 15.9. The second-order valence-corrected chi connectivity index (χ2v) is 10.1. The summed E-state index contributed by atoms with van der Waals surface area (Å²) >= 11 is 0. The maximum atomic E-state index is 14.1. The zero-order valence-corrected chi connectivity index (χ0v) is 13.8. The lowest BCUT2D eigenvalue weighted by atomic mass is 10.2. The fourth-order valence-electron chi connectivity index (χ4n) is 3.03. The van der Waals surface area contributed by atoms with Gasteiger partial charge in [0.15, 0.2) is 9.84 Å². The van der Waals surface area contributed by atoms with Gasteiger partial charge in [-0.15, -0.1) is 0 Å². The van der Waals surface area contributed by atoms with E-state index < -0.39 is 31.7 Å². The van der Waals surface area contributed by atoms with Crippen LogP contribution in [-0.4, -0.2) is 45.2 Å². The van der Waals surface area contributed by atoms with Gasteiger partial charge in [-0.2, -0.15) is 4.31 Å². The summed E-state index contributed by atoms with van der Waals surface area (Å²) < 4.78 is 64.7. The van der Waals surface area contributed by atoms with Crippen LogP contribution in [0.4, 0.5) is 4.39 Å². The minimum absolute atomic E-state index is 0.0666. The average Bonchev–Trinajstić information content (AvgIpc) is 3.20. The molecule has 0 amide bonds. The highest BCUT2D eigenvalue weighted by molar-refractivity contribution is 7.92. The van der Waals surface area contributed by atoms with Crippen molar-refractivity contribution in [2.24, 2.45) is 5.92 Å². The second kappa shape index (κ2) is 5.28. The monoisotopic (exact) mass is 347 g/mol. The number of aryl methyl sites for hydroxylation is 1. The Hall–Kier alpha value is -0.990. The van der Waals surface area contributed by atoms with Crippen molar-refractivity contribution in [2.75, 3.05) is 18.1 Å². The van der Waals surface area contributed by atoms with Crippen LogP contribution in [0.1, 0.15) is 18.4 Å². The zero-order chi connectivity index (χ0) is 16.1. The molecule has 5 nitrogen and oxygen atoms in total. The molecule has 2 aliphatic rings. The van der Waals surface area contributed by atoms with Crippen molar-refractivity contribution in [3.8, 4) is 0 Å². The molecule has 1 heterocycles. The Kier molecular flexibility index (Phi) is 3.81. The zero-order valence-electron chi connectivity index (χ0n) is 12.2. The summed E-state index contributed by atoms with van der Waals surface area (Å²) in [6, 6.07) is 3.56. The molecule has 1 aromatic carbocycles. The highest BCUT2D eigenvalue weighted by atomic mass is 32.2. The normalized spacial score (nSPS) is 26.0. The Morgan fingerprint density at radius 2 is 1.95 bits per heavy atom. The van der Waals surface area contributed by atoms with Gasteiger partial charge in [0.2, 0.25) is 10.0 Å². The molecule has 0 spiro atoms. The van der Waals surface area contributed by atoms with Crippen LogP contribution in [0.15, 0.2) is 23.1 Å². The minimum atomic E-state index is -4.03. The van der Waals surface area contributed by atoms with E-state index in [2.05, 4.69) is 0 Å². The lowest BCUT2D eigenvalue weighted by molar-refractivity contribution is 0.310. The van der Waals surface area contributed by atoms with Gasteiger partial charge in [0.25, 0.3) is 0 Å². The highest BCUT2D eigenvalue weighted by Crippen LogP contribution is 2.40. The molecular formula is C14H18FNO4S2. The Bertz CT molecular complexity index is 780. The first-order chi connectivity index (χ1) is 10.2. The van der Waals surface area contributed by atoms with Crippen LogP contribution in [0.3, 0.4) is 0 Å². The molecule has 0 aromatic heterocycles. The van der Waals surface area contributed by atoms with Crippen molar-refractivity contribution in [3.05, 3.63) is 29.6 Å². The van der Waals surface area contributed by atoms with Crippen molar-refractivity contribution in [1.82, 2.24) is 4.31 Å². The first-order valence-corrected chi connectivity index (χ1v) is 10.5. The molecule has 22 heavy (non-hydrogen) atoms. The number of sulfonamides is 1. The van der Waals surface area contributed by atoms with E-state index in [1.165, 1.54) is 10.4 Å². The topological polar surface area (TPSA) is 71.5 Å². The van der Waals surface area contributed by atoms with E-state index in [1.807, 2.05) is 0 Å². The predicted octanol–water partition coefficient (Wildman–Crippen LogP) is 1.33. The molecule has 122 valence electrons. The van der Waals surface area contributed by atoms with Gasteiger partial charge >= 0.3 is 0 Å². The Morgan fingerprint density at radius 3 is 2.55 bits per heavy atom. The van der Waals surface area contributed by atoms with Crippen LogP contribution >= 0.6 is 0 Å². The summed E-state index contributed by atoms with van der Waals surface area (Å²) in [7, 11) is -7.27. The summed E-state index contributed by atoms with van der Waals surface area (Å²) in [5.41, 5.74) is 0.336. The molecule has 1 aromatic rings. The predicted molar refractivity (Wildman–Crippen MR) is 80.2 cm³/mol. The third kappa shape index (κ3) is 2.79. The van der Waals surface area contributed by atoms with Crippen molar-refractivity contribution < 1.29 is 21.2 Å². The van der Waals surface area contributed by atoms with Gasteiger partial charge in [-0.05, 0) is 37.3 Å². The minimum Gasteiger partial charge on any atom is -0.229 e. The number of sulfone groups is 1. The Morgan fingerprint density at radius 1 is 1.27 bits per heavy atom. The summed E-state index contributed by atoms with van der Waals surface area (Å²) in [4.78, 5) is -0.333. The molecular weight excluding hydrogens is 329 g/mol. The quantitative estimate of drug-likeness (QED) is 0.827. The van der Waals surface area contributed by atoms with E-state index in [0.29, 0.717) is 5.56 Å². The van der Waals surface area contributed by atoms with E-state index in [9.17, 15) is 21.2 Å². The largest absolute Gasteiger partial charge is 0.246 e. The molecule has 0 radical (unpaired) electrons. The number of nitrogens with zero attached hydrogens (tertiary/aromatic N) is 1. The average molecular weight is 347 g/mol. The number of halogens is 1. The van der Waals surface area contributed by atoms with Crippen LogP contribution in [0.5, 0.6) is 0 Å². The standard InChI is InChI=1S/C14H18FNO4S2/c1-10-3-2-4-12(15)14(10)22(19,20)16-7-8-21(17,18)9-13(16)11-5-6-11/h2-4,11,13H,5-9H2,1H3/t13-/m0/s1. The fraction of sp³-hybridized carbons (Fsp3) is 0.571. The molecule has 3 rings (SSSR count). The van der Waals surface area contributed by atoms with E-state index in [4.69, 9.17) is 0 Å². The van der Waals surface area contributed by atoms with Gasteiger partial charge in [-0.1, -0.05) is 12.1 Å². The lowest BCUT2D eigenvalue weighted by Gasteiger charge is -2.35. The molecule has 1 atom stereocenters. The van der Waals surface area contributed by atoms with Crippen LogP contribution < -0.4 is 0 Å². The molecule has 2 fully saturated rings. The highest BCUT2D eigenvalue weighted by Gasteiger charge is 2.46. The van der Waals surface area contributed by atoms with E-state index in [1.54, 1.807) is 13.0 Å². The summed E-state index contributed by atoms with van der Waals surface area (Å²) in [5, 5.41) is 0. The van der Waals surface area contributed by atoms with E-state index in [0.717, 1.165) is 18.9 Å². The van der Waals surface area contributed by atoms with Gasteiger partial charge in [0.05, 0.1) is 11.5 Å². The molecule has 8 heteroatoms. The maximum Gasteiger partial charge on any atom is 0.246 e. The van der Waals surface area contributed by atoms with Gasteiger partial charge in [0.1, 0.15) is 10.7 Å². The molecule has 0 N–H and O–H groups in total. The van der Waals surface area contributed by atoms with E-state index in [-0.39, 0.29) is 28.9 Å². The summed E-state index contributed by atoms with van der Waals surface area (Å²) in [6.07, 6.45) is 1.64. The van der Waals surface area contributed by atoms with Crippen molar-refractivity contribution in [2.45, 2.75) is 30.7 Å². The SMILES string of the molecule is Cc1cccc(F)c1S(=O)(=O)N1CCS(=O)(=O)C[C@H]1C1CC1. The lowest BCUT2D eigenvalue weighted by Crippen LogP contribution is -2.52. The fourth-order valence-corrected chi connectivity index (χ4v) is 6.82. The van der Waals surface area contributed by atoms with Crippen LogP contribution in [0.2, 0.25) is 0 Å². The number of benzene rings is 1. The van der Waals surface area contributed by atoms with Crippen LogP contribution in [0, 0.1) is 18.7 Å². The smallest absolute Gasteiger partial charge is 0.229 e.